The number of nitrogens with one attached hydrogen (secondary N) is 1. The van der Waals surface area contributed by atoms with Crippen LogP contribution in [0.25, 0.3) is 0 Å². The van der Waals surface area contributed by atoms with E-state index in [-0.39, 0.29) is 17.6 Å². The van der Waals surface area contributed by atoms with E-state index in [1.165, 1.54) is 29.7 Å². The largest absolute Gasteiger partial charge is 0.477 e. The highest BCUT2D eigenvalue weighted by Crippen LogP contribution is 2.17. The number of hydrogen-bond donors (Lipinski definition) is 2. The second kappa shape index (κ2) is 5.79. The molecule has 2 aromatic heterocycles. The Morgan fingerprint density at radius 2 is 2.15 bits per heavy atom. The van der Waals surface area contributed by atoms with Crippen molar-refractivity contribution in [2.24, 2.45) is 0 Å². The maximum Gasteiger partial charge on any atom is 0.354 e. The highest BCUT2D eigenvalue weighted by atomic mass is 32.1. The summed E-state index contributed by atoms with van der Waals surface area (Å²) in [5.41, 5.74) is 1.14. The average Bonchev–Trinajstić information content (AvgIpc) is 2.85. The van der Waals surface area contributed by atoms with Crippen molar-refractivity contribution in [3.63, 3.8) is 0 Å². The molecule has 0 aliphatic heterocycles. The van der Waals surface area contributed by atoms with Crippen LogP contribution in [0.4, 0.5) is 0 Å². The number of carbonyl (C=O) groups excluding carboxylic acids is 1. The number of aromatic nitrogens is 2. The van der Waals surface area contributed by atoms with E-state index in [9.17, 15) is 9.59 Å². The van der Waals surface area contributed by atoms with Gasteiger partial charge in [-0.25, -0.2) is 14.8 Å². The molecule has 1 unspecified atom stereocenters. The Bertz CT molecular complexity index is 637. The van der Waals surface area contributed by atoms with Gasteiger partial charge in [0.05, 0.1) is 11.6 Å². The van der Waals surface area contributed by atoms with Crippen LogP contribution in [-0.2, 0) is 0 Å². The van der Waals surface area contributed by atoms with Crippen molar-refractivity contribution in [3.05, 3.63) is 45.7 Å². The van der Waals surface area contributed by atoms with Gasteiger partial charge in [0.25, 0.3) is 5.91 Å². The predicted octanol–water partition coefficient (Wildman–Crippen LogP) is 2.04. The quantitative estimate of drug-likeness (QED) is 0.899. The Morgan fingerprint density at radius 3 is 2.65 bits per heavy atom. The lowest BCUT2D eigenvalue weighted by Gasteiger charge is -2.11. The Morgan fingerprint density at radius 1 is 1.40 bits per heavy atom. The van der Waals surface area contributed by atoms with Crippen LogP contribution >= 0.6 is 11.3 Å². The SMILES string of the molecule is Cc1csc(C(C)NC(=O)c2ccc(C(=O)O)nc2)n1. The molecule has 2 rings (SSSR count). The van der Waals surface area contributed by atoms with E-state index in [1.54, 1.807) is 0 Å². The summed E-state index contributed by atoms with van der Waals surface area (Å²) in [5, 5.41) is 14.3. The van der Waals surface area contributed by atoms with Crippen molar-refractivity contribution >= 4 is 23.2 Å². The zero-order chi connectivity index (χ0) is 14.7. The minimum absolute atomic E-state index is 0.0925. The molecule has 6 nitrogen and oxygen atoms in total. The topological polar surface area (TPSA) is 92.2 Å². The molecule has 2 N–H and O–H groups in total. The second-order valence-corrected chi connectivity index (χ2v) is 5.15. The first-order chi connectivity index (χ1) is 9.47. The molecule has 0 fully saturated rings. The van der Waals surface area contributed by atoms with Crippen molar-refractivity contribution in [1.82, 2.24) is 15.3 Å². The van der Waals surface area contributed by atoms with Crippen molar-refractivity contribution in [2.75, 3.05) is 0 Å². The highest BCUT2D eigenvalue weighted by Gasteiger charge is 2.15. The van der Waals surface area contributed by atoms with Crippen LogP contribution in [0.15, 0.2) is 23.7 Å². The van der Waals surface area contributed by atoms with Crippen LogP contribution < -0.4 is 5.32 Å². The molecule has 20 heavy (non-hydrogen) atoms. The van der Waals surface area contributed by atoms with Crippen LogP contribution in [0.2, 0.25) is 0 Å². The van der Waals surface area contributed by atoms with Gasteiger partial charge in [0.2, 0.25) is 0 Å². The van der Waals surface area contributed by atoms with Gasteiger partial charge in [-0.15, -0.1) is 11.3 Å². The summed E-state index contributed by atoms with van der Waals surface area (Å²) >= 11 is 1.48. The fourth-order valence-electron chi connectivity index (χ4n) is 1.57. The van der Waals surface area contributed by atoms with Gasteiger partial charge in [-0.05, 0) is 26.0 Å². The number of pyridine rings is 1. The number of aryl methyl sites for hydroxylation is 1. The number of carbonyl (C=O) groups is 2. The summed E-state index contributed by atoms with van der Waals surface area (Å²) in [5.74, 6) is -1.43. The molecule has 0 saturated heterocycles. The number of rotatable bonds is 4. The Hall–Kier alpha value is -2.28. The predicted molar refractivity (Wildman–Crippen MR) is 73.9 cm³/mol. The van der Waals surface area contributed by atoms with E-state index in [0.29, 0.717) is 5.56 Å². The van der Waals surface area contributed by atoms with Gasteiger partial charge >= 0.3 is 5.97 Å². The standard InChI is InChI=1S/C13H13N3O3S/c1-7-6-20-12(15-7)8(2)16-11(17)9-3-4-10(13(18)19)14-5-9/h3-6,8H,1-2H3,(H,16,17)(H,18,19). The molecule has 1 atom stereocenters. The van der Waals surface area contributed by atoms with Gasteiger partial charge in [-0.1, -0.05) is 0 Å². The zero-order valence-corrected chi connectivity index (χ0v) is 11.8. The van der Waals surface area contributed by atoms with Crippen LogP contribution in [0.5, 0.6) is 0 Å². The molecule has 0 spiro atoms. The molecule has 2 aromatic rings. The van der Waals surface area contributed by atoms with Gasteiger partial charge in [0, 0.05) is 17.3 Å². The minimum atomic E-state index is -1.12. The van der Waals surface area contributed by atoms with Gasteiger partial charge < -0.3 is 10.4 Å². The molecule has 0 aliphatic carbocycles. The maximum absolute atomic E-state index is 12.0. The molecule has 0 aromatic carbocycles. The fourth-order valence-corrected chi connectivity index (χ4v) is 2.37. The van der Waals surface area contributed by atoms with Crippen molar-refractivity contribution < 1.29 is 14.7 Å². The first-order valence-corrected chi connectivity index (χ1v) is 6.77. The van der Waals surface area contributed by atoms with Crippen LogP contribution in [-0.4, -0.2) is 27.0 Å². The molecule has 0 radical (unpaired) electrons. The summed E-state index contributed by atoms with van der Waals surface area (Å²) in [7, 11) is 0. The lowest BCUT2D eigenvalue weighted by Crippen LogP contribution is -2.26. The number of carboxylic acid groups (broad SMARTS) is 1. The molecule has 0 aliphatic rings. The van der Waals surface area contributed by atoms with Gasteiger partial charge in [0.1, 0.15) is 10.7 Å². The van der Waals surface area contributed by atoms with Crippen LogP contribution in [0, 0.1) is 6.92 Å². The summed E-state index contributed by atoms with van der Waals surface area (Å²) < 4.78 is 0. The fraction of sp³-hybridized carbons (Fsp3) is 0.231. The Kier molecular flexibility index (Phi) is 4.09. The molecule has 0 saturated carbocycles. The van der Waals surface area contributed by atoms with E-state index < -0.39 is 5.97 Å². The molecular weight excluding hydrogens is 278 g/mol. The van der Waals surface area contributed by atoms with E-state index in [1.807, 2.05) is 19.2 Å². The van der Waals surface area contributed by atoms with E-state index in [4.69, 9.17) is 5.11 Å². The molecule has 7 heteroatoms. The van der Waals surface area contributed by atoms with Crippen molar-refractivity contribution in [3.8, 4) is 0 Å². The Balaban J connectivity index is 2.06. The second-order valence-electron chi connectivity index (χ2n) is 4.26. The summed E-state index contributed by atoms with van der Waals surface area (Å²) in [6, 6.07) is 2.53. The lowest BCUT2D eigenvalue weighted by molar-refractivity contribution is 0.0689. The normalized spacial score (nSPS) is 11.9. The third kappa shape index (κ3) is 3.18. The first kappa shape index (κ1) is 14.1. The highest BCUT2D eigenvalue weighted by molar-refractivity contribution is 7.09. The lowest BCUT2D eigenvalue weighted by atomic mass is 10.2. The zero-order valence-electron chi connectivity index (χ0n) is 11.0. The summed E-state index contributed by atoms with van der Waals surface area (Å²) in [4.78, 5) is 30.7. The van der Waals surface area contributed by atoms with Gasteiger partial charge in [0.15, 0.2) is 0 Å². The maximum atomic E-state index is 12.0. The van der Waals surface area contributed by atoms with Crippen molar-refractivity contribution in [1.29, 1.82) is 0 Å². The number of amides is 1. The van der Waals surface area contributed by atoms with Gasteiger partial charge in [-0.3, -0.25) is 4.79 Å². The van der Waals surface area contributed by atoms with E-state index in [2.05, 4.69) is 15.3 Å². The first-order valence-electron chi connectivity index (χ1n) is 5.89. The van der Waals surface area contributed by atoms with Crippen LogP contribution in [0.1, 0.15) is 44.5 Å². The summed E-state index contributed by atoms with van der Waals surface area (Å²) in [6.45, 7) is 3.73. The number of hydrogen-bond acceptors (Lipinski definition) is 5. The molecule has 1 amide bonds. The molecule has 0 bridgehead atoms. The molecule has 104 valence electrons. The van der Waals surface area contributed by atoms with E-state index >= 15 is 0 Å². The number of aromatic carboxylic acids is 1. The summed E-state index contributed by atoms with van der Waals surface area (Å²) in [6.07, 6.45) is 1.25. The number of carboxylic acids is 1. The Labute approximate surface area is 119 Å². The average molecular weight is 291 g/mol. The van der Waals surface area contributed by atoms with E-state index in [0.717, 1.165) is 10.7 Å². The smallest absolute Gasteiger partial charge is 0.354 e. The van der Waals surface area contributed by atoms with Crippen molar-refractivity contribution in [2.45, 2.75) is 19.9 Å². The monoisotopic (exact) mass is 291 g/mol. The molecular formula is C13H13N3O3S. The minimum Gasteiger partial charge on any atom is -0.477 e. The third-order valence-corrected chi connectivity index (χ3v) is 3.74. The number of thiazole rings is 1. The van der Waals surface area contributed by atoms with Gasteiger partial charge in [-0.2, -0.15) is 0 Å². The number of nitrogens with zero attached hydrogens (tertiary/aromatic N) is 2. The third-order valence-electron chi connectivity index (χ3n) is 2.60. The van der Waals surface area contributed by atoms with Crippen LogP contribution in [0.3, 0.4) is 0 Å². The molecule has 2 heterocycles.